The van der Waals surface area contributed by atoms with Crippen molar-refractivity contribution in [1.82, 2.24) is 0 Å². The number of carbonyl (C=O) groups excluding carboxylic acids is 1. The lowest BCUT2D eigenvalue weighted by atomic mass is 9.93. The number of aromatic carboxylic acids is 1. The van der Waals surface area contributed by atoms with Crippen molar-refractivity contribution in [2.75, 3.05) is 0 Å². The smallest absolute Gasteiger partial charge is 0.339 e. The van der Waals surface area contributed by atoms with Gasteiger partial charge in [-0.1, -0.05) is 24.3 Å². The Hall–Kier alpha value is -2.10. The third-order valence-corrected chi connectivity index (χ3v) is 5.30. The zero-order valence-corrected chi connectivity index (χ0v) is 11.5. The highest BCUT2D eigenvalue weighted by atomic mass is 16.5. The summed E-state index contributed by atoms with van der Waals surface area (Å²) in [5.41, 5.74) is 0.501. The van der Waals surface area contributed by atoms with Crippen molar-refractivity contribution >= 4 is 11.9 Å². The Balaban J connectivity index is 1.55. The van der Waals surface area contributed by atoms with Crippen LogP contribution in [-0.4, -0.2) is 23.1 Å². The fourth-order valence-electron chi connectivity index (χ4n) is 4.11. The summed E-state index contributed by atoms with van der Waals surface area (Å²) >= 11 is 0. The summed E-state index contributed by atoms with van der Waals surface area (Å²) in [5, 5.41) is 9.15. The van der Waals surface area contributed by atoms with E-state index in [2.05, 4.69) is 12.2 Å². The second-order valence-electron chi connectivity index (χ2n) is 6.28. The van der Waals surface area contributed by atoms with Gasteiger partial charge in [0.2, 0.25) is 0 Å². The van der Waals surface area contributed by atoms with Crippen LogP contribution in [0, 0.1) is 17.3 Å². The predicted molar refractivity (Wildman–Crippen MR) is 75.0 cm³/mol. The molecule has 4 nitrogen and oxygen atoms in total. The van der Waals surface area contributed by atoms with Gasteiger partial charge >= 0.3 is 11.9 Å². The van der Waals surface area contributed by atoms with Crippen molar-refractivity contribution in [3.8, 4) is 0 Å². The fourth-order valence-corrected chi connectivity index (χ4v) is 4.11. The zero-order valence-electron chi connectivity index (χ0n) is 11.5. The number of hydrogen-bond donors (Lipinski definition) is 1. The van der Waals surface area contributed by atoms with Crippen molar-refractivity contribution in [2.24, 2.45) is 17.3 Å². The number of hydrogen-bond acceptors (Lipinski definition) is 3. The second kappa shape index (κ2) is 4.20. The Kier molecular flexibility index (Phi) is 2.52. The first-order chi connectivity index (χ1) is 10.1. The molecule has 2 fully saturated rings. The van der Waals surface area contributed by atoms with E-state index in [1.165, 1.54) is 25.0 Å². The van der Waals surface area contributed by atoms with E-state index in [9.17, 15) is 9.59 Å². The van der Waals surface area contributed by atoms with Crippen LogP contribution in [0.25, 0.3) is 0 Å². The molecule has 1 spiro atoms. The molecule has 21 heavy (non-hydrogen) atoms. The number of rotatable bonds is 3. The van der Waals surface area contributed by atoms with E-state index in [0.29, 0.717) is 17.3 Å². The summed E-state index contributed by atoms with van der Waals surface area (Å²) in [4.78, 5) is 23.5. The van der Waals surface area contributed by atoms with Crippen molar-refractivity contribution < 1.29 is 19.4 Å². The van der Waals surface area contributed by atoms with Crippen LogP contribution in [0.2, 0.25) is 0 Å². The number of carbonyl (C=O) groups is 2. The van der Waals surface area contributed by atoms with Crippen LogP contribution in [0.3, 0.4) is 0 Å². The highest BCUT2D eigenvalue weighted by molar-refractivity contribution is 6.02. The van der Waals surface area contributed by atoms with Crippen molar-refractivity contribution in [3.05, 3.63) is 47.5 Å². The number of allylic oxidation sites excluding steroid dienone is 1. The predicted octanol–water partition coefficient (Wildman–Crippen LogP) is 2.90. The van der Waals surface area contributed by atoms with Gasteiger partial charge in [-0.05, 0) is 42.7 Å². The molecule has 0 amide bonds. The van der Waals surface area contributed by atoms with E-state index in [0.717, 1.165) is 6.42 Å². The molecule has 1 aromatic rings. The minimum Gasteiger partial charge on any atom is -0.478 e. The molecule has 0 radical (unpaired) electrons. The molecular formula is C17H16O4. The van der Waals surface area contributed by atoms with Gasteiger partial charge in [-0.2, -0.15) is 0 Å². The third kappa shape index (κ3) is 1.75. The molecule has 4 rings (SSSR count). The average molecular weight is 284 g/mol. The average Bonchev–Trinajstić information content (AvgIpc) is 3.14. The lowest BCUT2D eigenvalue weighted by Gasteiger charge is -2.20. The summed E-state index contributed by atoms with van der Waals surface area (Å²) in [6.07, 6.45) is 7.65. The molecule has 0 aromatic heterocycles. The van der Waals surface area contributed by atoms with E-state index in [1.807, 2.05) is 0 Å². The van der Waals surface area contributed by atoms with E-state index in [-0.39, 0.29) is 17.2 Å². The molecule has 0 saturated heterocycles. The standard InChI is InChI=1S/C17H16O4/c18-15(19)11-3-1-2-4-12(11)16(20)21-14-9-10-5-6-13(14)17(10)7-8-17/h1-6,10,13-14H,7-9H2,(H,18,19). The number of carboxylic acid groups (broad SMARTS) is 1. The summed E-state index contributed by atoms with van der Waals surface area (Å²) in [6, 6.07) is 6.22. The van der Waals surface area contributed by atoms with E-state index in [4.69, 9.17) is 9.84 Å². The molecule has 3 unspecified atom stereocenters. The van der Waals surface area contributed by atoms with Crippen molar-refractivity contribution in [3.63, 3.8) is 0 Å². The molecular weight excluding hydrogens is 268 g/mol. The first kappa shape index (κ1) is 12.6. The van der Waals surface area contributed by atoms with Gasteiger partial charge in [0.25, 0.3) is 0 Å². The Morgan fingerprint density at radius 2 is 1.86 bits per heavy atom. The second-order valence-corrected chi connectivity index (χ2v) is 6.28. The lowest BCUT2D eigenvalue weighted by molar-refractivity contribution is 0.0216. The molecule has 3 aliphatic rings. The maximum atomic E-state index is 12.3. The molecule has 2 saturated carbocycles. The maximum absolute atomic E-state index is 12.3. The number of ether oxygens (including phenoxy) is 1. The van der Waals surface area contributed by atoms with E-state index >= 15 is 0 Å². The summed E-state index contributed by atoms with van der Waals surface area (Å²) < 4.78 is 5.64. The third-order valence-electron chi connectivity index (χ3n) is 5.30. The zero-order chi connectivity index (χ0) is 14.6. The summed E-state index contributed by atoms with van der Waals surface area (Å²) in [5.74, 6) is -0.762. The SMILES string of the molecule is O=C(O)c1ccccc1C(=O)OC1CC2C=CC1C21CC1. The summed E-state index contributed by atoms with van der Waals surface area (Å²) in [6.45, 7) is 0. The van der Waals surface area contributed by atoms with Crippen LogP contribution >= 0.6 is 0 Å². The number of benzene rings is 1. The lowest BCUT2D eigenvalue weighted by Crippen LogP contribution is -2.25. The van der Waals surface area contributed by atoms with E-state index < -0.39 is 11.9 Å². The Morgan fingerprint density at radius 3 is 2.48 bits per heavy atom. The minimum absolute atomic E-state index is 0.00216. The van der Waals surface area contributed by atoms with Gasteiger partial charge in [0.15, 0.2) is 0 Å². The van der Waals surface area contributed by atoms with Gasteiger partial charge < -0.3 is 9.84 Å². The Bertz CT molecular complexity index is 657. The molecule has 4 heteroatoms. The maximum Gasteiger partial charge on any atom is 0.339 e. The fraction of sp³-hybridized carbons (Fsp3) is 0.412. The minimum atomic E-state index is -1.10. The van der Waals surface area contributed by atoms with Gasteiger partial charge in [-0.25, -0.2) is 9.59 Å². The highest BCUT2D eigenvalue weighted by Crippen LogP contribution is 2.68. The quantitative estimate of drug-likeness (QED) is 0.684. The van der Waals surface area contributed by atoms with Crippen LogP contribution < -0.4 is 0 Å². The largest absolute Gasteiger partial charge is 0.478 e. The van der Waals surface area contributed by atoms with Gasteiger partial charge in [-0.3, -0.25) is 0 Å². The van der Waals surface area contributed by atoms with Crippen LogP contribution in [0.15, 0.2) is 36.4 Å². The van der Waals surface area contributed by atoms with Gasteiger partial charge in [-0.15, -0.1) is 0 Å². The van der Waals surface area contributed by atoms with Crippen molar-refractivity contribution in [1.29, 1.82) is 0 Å². The van der Waals surface area contributed by atoms with Crippen LogP contribution in [-0.2, 0) is 4.74 Å². The van der Waals surface area contributed by atoms with Crippen LogP contribution in [0.5, 0.6) is 0 Å². The van der Waals surface area contributed by atoms with Gasteiger partial charge in [0, 0.05) is 5.92 Å². The number of esters is 1. The Labute approximate surface area is 122 Å². The molecule has 0 aliphatic heterocycles. The number of carboxylic acids is 1. The van der Waals surface area contributed by atoms with E-state index in [1.54, 1.807) is 12.1 Å². The molecule has 108 valence electrons. The molecule has 2 bridgehead atoms. The van der Waals surface area contributed by atoms with Gasteiger partial charge in [0.05, 0.1) is 11.1 Å². The molecule has 0 heterocycles. The topological polar surface area (TPSA) is 63.6 Å². The molecule has 3 aliphatic carbocycles. The highest BCUT2D eigenvalue weighted by Gasteiger charge is 2.63. The molecule has 1 aromatic carbocycles. The normalized spacial score (nSPS) is 30.6. The van der Waals surface area contributed by atoms with Crippen molar-refractivity contribution in [2.45, 2.75) is 25.4 Å². The monoisotopic (exact) mass is 284 g/mol. The van der Waals surface area contributed by atoms with Crippen LogP contribution in [0.1, 0.15) is 40.0 Å². The first-order valence-corrected chi connectivity index (χ1v) is 7.33. The molecule has 3 atom stereocenters. The first-order valence-electron chi connectivity index (χ1n) is 7.33. The Morgan fingerprint density at radius 1 is 1.14 bits per heavy atom. The van der Waals surface area contributed by atoms with Crippen LogP contribution in [0.4, 0.5) is 0 Å². The molecule has 1 N–H and O–H groups in total. The summed E-state index contributed by atoms with van der Waals surface area (Å²) in [7, 11) is 0. The van der Waals surface area contributed by atoms with Gasteiger partial charge in [0.1, 0.15) is 6.10 Å².